The van der Waals surface area contributed by atoms with Gasteiger partial charge in [0.15, 0.2) is 0 Å². The van der Waals surface area contributed by atoms with Gasteiger partial charge in [0.05, 0.1) is 6.61 Å². The zero-order valence-corrected chi connectivity index (χ0v) is 12.2. The molecule has 22 heavy (non-hydrogen) atoms. The molecule has 0 atom stereocenters. The van der Waals surface area contributed by atoms with E-state index in [4.69, 9.17) is 14.2 Å². The molecule has 0 fully saturated rings. The molecule has 0 aliphatic rings. The van der Waals surface area contributed by atoms with Crippen molar-refractivity contribution in [2.45, 2.75) is 13.5 Å². The van der Waals surface area contributed by atoms with E-state index in [1.807, 2.05) is 6.07 Å². The molecule has 2 rings (SSSR count). The molecule has 0 saturated carbocycles. The van der Waals surface area contributed by atoms with Crippen LogP contribution in [0.5, 0.6) is 11.5 Å². The number of hydrogen-bond donors (Lipinski definition) is 0. The Hall–Kier alpha value is -2.82. The van der Waals surface area contributed by atoms with Crippen molar-refractivity contribution in [3.05, 3.63) is 59.7 Å². The molecule has 0 N–H and O–H groups in total. The third-order valence-corrected chi connectivity index (χ3v) is 2.82. The van der Waals surface area contributed by atoms with Crippen LogP contribution in [0.15, 0.2) is 48.5 Å². The minimum absolute atomic E-state index is 0.206. The van der Waals surface area contributed by atoms with Gasteiger partial charge in [-0.1, -0.05) is 30.3 Å². The summed E-state index contributed by atoms with van der Waals surface area (Å²) in [7, 11) is 0. The normalized spacial score (nSPS) is 9.86. The lowest BCUT2D eigenvalue weighted by molar-refractivity contribution is 0.103. The predicted molar refractivity (Wildman–Crippen MR) is 80.3 cm³/mol. The standard InChI is InChI=1S/C17H16O5/c1-2-20-17(19)22-16-9-4-3-7-14(16)12-21-15-8-5-6-13(10-15)11-18/h3-11H,2,12H2,1H3. The Kier molecular flexibility index (Phi) is 5.54. The third-order valence-electron chi connectivity index (χ3n) is 2.82. The topological polar surface area (TPSA) is 61.8 Å². The molecule has 0 aromatic heterocycles. The van der Waals surface area contributed by atoms with Gasteiger partial charge in [0.25, 0.3) is 0 Å². The lowest BCUT2D eigenvalue weighted by atomic mass is 10.2. The second kappa shape index (κ2) is 7.83. The first-order valence-corrected chi connectivity index (χ1v) is 6.83. The van der Waals surface area contributed by atoms with Crippen molar-refractivity contribution in [3.63, 3.8) is 0 Å². The summed E-state index contributed by atoms with van der Waals surface area (Å²) in [5, 5.41) is 0. The summed E-state index contributed by atoms with van der Waals surface area (Å²) in [4.78, 5) is 22.1. The van der Waals surface area contributed by atoms with Crippen molar-refractivity contribution in [2.75, 3.05) is 6.61 Å². The summed E-state index contributed by atoms with van der Waals surface area (Å²) in [6, 6.07) is 13.8. The number of aldehydes is 1. The van der Waals surface area contributed by atoms with E-state index in [2.05, 4.69) is 0 Å². The number of carbonyl (C=O) groups excluding carboxylic acids is 2. The maximum atomic E-state index is 11.4. The molecule has 5 heteroatoms. The molecular formula is C17H16O5. The lowest BCUT2D eigenvalue weighted by Crippen LogP contribution is -2.11. The van der Waals surface area contributed by atoms with Gasteiger partial charge in [-0.05, 0) is 25.1 Å². The highest BCUT2D eigenvalue weighted by atomic mass is 16.7. The van der Waals surface area contributed by atoms with E-state index in [0.29, 0.717) is 22.6 Å². The maximum Gasteiger partial charge on any atom is 0.513 e. The van der Waals surface area contributed by atoms with Crippen LogP contribution in [0.3, 0.4) is 0 Å². The highest BCUT2D eigenvalue weighted by Crippen LogP contribution is 2.21. The number of rotatable bonds is 6. The largest absolute Gasteiger partial charge is 0.513 e. The van der Waals surface area contributed by atoms with Crippen LogP contribution in [0.1, 0.15) is 22.8 Å². The van der Waals surface area contributed by atoms with Gasteiger partial charge in [-0.2, -0.15) is 0 Å². The van der Waals surface area contributed by atoms with E-state index >= 15 is 0 Å². The van der Waals surface area contributed by atoms with Gasteiger partial charge in [-0.15, -0.1) is 0 Å². The highest BCUT2D eigenvalue weighted by Gasteiger charge is 2.10. The molecule has 2 aromatic carbocycles. The highest BCUT2D eigenvalue weighted by molar-refractivity contribution is 5.75. The van der Waals surface area contributed by atoms with Crippen molar-refractivity contribution < 1.29 is 23.8 Å². The third kappa shape index (κ3) is 4.34. The van der Waals surface area contributed by atoms with E-state index in [9.17, 15) is 9.59 Å². The van der Waals surface area contributed by atoms with Crippen molar-refractivity contribution in [1.82, 2.24) is 0 Å². The summed E-state index contributed by atoms with van der Waals surface area (Å²) in [5.74, 6) is 0.947. The fourth-order valence-corrected chi connectivity index (χ4v) is 1.80. The molecule has 0 heterocycles. The van der Waals surface area contributed by atoms with Crippen LogP contribution >= 0.6 is 0 Å². The molecule has 0 aliphatic carbocycles. The minimum atomic E-state index is -0.752. The van der Waals surface area contributed by atoms with Gasteiger partial charge in [-0.25, -0.2) is 4.79 Å². The molecule has 0 radical (unpaired) electrons. The molecule has 0 unspecified atom stereocenters. The first kappa shape index (κ1) is 15.6. The SMILES string of the molecule is CCOC(=O)Oc1ccccc1COc1cccc(C=O)c1. The Morgan fingerprint density at radius 2 is 1.95 bits per heavy atom. The van der Waals surface area contributed by atoms with Gasteiger partial charge in [-0.3, -0.25) is 4.79 Å². The van der Waals surface area contributed by atoms with E-state index in [-0.39, 0.29) is 13.2 Å². The number of benzene rings is 2. The van der Waals surface area contributed by atoms with E-state index in [1.54, 1.807) is 49.4 Å². The molecule has 5 nitrogen and oxygen atoms in total. The Morgan fingerprint density at radius 3 is 2.73 bits per heavy atom. The van der Waals surface area contributed by atoms with Gasteiger partial charge in [0.1, 0.15) is 24.4 Å². The average molecular weight is 300 g/mol. The number of hydrogen-bond acceptors (Lipinski definition) is 5. The van der Waals surface area contributed by atoms with Gasteiger partial charge in [0, 0.05) is 11.1 Å². The zero-order valence-electron chi connectivity index (χ0n) is 12.2. The summed E-state index contributed by atoms with van der Waals surface area (Å²) >= 11 is 0. The van der Waals surface area contributed by atoms with Crippen molar-refractivity contribution in [3.8, 4) is 11.5 Å². The average Bonchev–Trinajstić information content (AvgIpc) is 2.54. The monoisotopic (exact) mass is 300 g/mol. The summed E-state index contributed by atoms with van der Waals surface area (Å²) in [5.41, 5.74) is 1.24. The number of ether oxygens (including phenoxy) is 3. The van der Waals surface area contributed by atoms with Crippen LogP contribution < -0.4 is 9.47 Å². The molecule has 0 amide bonds. The van der Waals surface area contributed by atoms with Crippen LogP contribution in [-0.4, -0.2) is 19.0 Å². The van der Waals surface area contributed by atoms with Crippen molar-refractivity contribution in [1.29, 1.82) is 0 Å². The Bertz CT molecular complexity index is 651. The van der Waals surface area contributed by atoms with Gasteiger partial charge >= 0.3 is 6.16 Å². The predicted octanol–water partition coefficient (Wildman–Crippen LogP) is 3.61. The first-order valence-electron chi connectivity index (χ1n) is 6.83. The van der Waals surface area contributed by atoms with Gasteiger partial charge < -0.3 is 14.2 Å². The smallest absolute Gasteiger partial charge is 0.489 e. The van der Waals surface area contributed by atoms with Crippen LogP contribution in [0.2, 0.25) is 0 Å². The molecule has 2 aromatic rings. The summed E-state index contributed by atoms with van der Waals surface area (Å²) < 4.78 is 15.5. The van der Waals surface area contributed by atoms with E-state index < -0.39 is 6.16 Å². The van der Waals surface area contributed by atoms with Gasteiger partial charge in [0.2, 0.25) is 0 Å². The quantitative estimate of drug-likeness (QED) is 0.463. The molecule has 114 valence electrons. The van der Waals surface area contributed by atoms with Crippen LogP contribution in [-0.2, 0) is 11.3 Å². The van der Waals surface area contributed by atoms with Crippen molar-refractivity contribution >= 4 is 12.4 Å². The number of carbonyl (C=O) groups is 2. The lowest BCUT2D eigenvalue weighted by Gasteiger charge is -2.11. The van der Waals surface area contributed by atoms with Crippen LogP contribution in [0, 0.1) is 0 Å². The first-order chi connectivity index (χ1) is 10.7. The van der Waals surface area contributed by atoms with E-state index in [0.717, 1.165) is 6.29 Å². The fourth-order valence-electron chi connectivity index (χ4n) is 1.80. The summed E-state index contributed by atoms with van der Waals surface area (Å²) in [6.07, 6.45) is 0.00269. The second-order valence-corrected chi connectivity index (χ2v) is 4.37. The molecule has 0 spiro atoms. The van der Waals surface area contributed by atoms with Crippen LogP contribution in [0.4, 0.5) is 4.79 Å². The Labute approximate surface area is 128 Å². The van der Waals surface area contributed by atoms with Crippen LogP contribution in [0.25, 0.3) is 0 Å². The number of para-hydroxylation sites is 1. The Morgan fingerprint density at radius 1 is 1.14 bits per heavy atom. The molecule has 0 aliphatic heterocycles. The Balaban J connectivity index is 2.06. The minimum Gasteiger partial charge on any atom is -0.489 e. The molecule has 0 bridgehead atoms. The zero-order chi connectivity index (χ0) is 15.8. The van der Waals surface area contributed by atoms with Crippen molar-refractivity contribution in [2.24, 2.45) is 0 Å². The second-order valence-electron chi connectivity index (χ2n) is 4.37. The fraction of sp³-hybridized carbons (Fsp3) is 0.176. The van der Waals surface area contributed by atoms with E-state index in [1.165, 1.54) is 0 Å². The maximum absolute atomic E-state index is 11.4. The molecule has 0 saturated heterocycles. The summed E-state index contributed by atoms with van der Waals surface area (Å²) in [6.45, 7) is 2.16. The molecular weight excluding hydrogens is 284 g/mol.